The summed E-state index contributed by atoms with van der Waals surface area (Å²) in [6.45, 7) is 22.0. The summed E-state index contributed by atoms with van der Waals surface area (Å²) >= 11 is 0. The van der Waals surface area contributed by atoms with Crippen LogP contribution in [0, 0.1) is 52.3 Å². The molecule has 0 amide bonds. The average Bonchev–Trinajstić information content (AvgIpc) is 3.08. The molecule has 0 aliphatic heterocycles. The maximum Gasteiger partial charge on any atom is 0.184 e. The molecule has 0 aromatic rings. The molecule has 1 nitrogen and oxygen atoms in total. The van der Waals surface area contributed by atoms with E-state index in [0.717, 1.165) is 29.6 Å². The van der Waals surface area contributed by atoms with Crippen molar-refractivity contribution in [3.8, 4) is 0 Å². The Hall–Kier alpha value is -0.343. The largest absolute Gasteiger partial charge is 0.415 e. The van der Waals surface area contributed by atoms with Crippen molar-refractivity contribution in [3.63, 3.8) is 0 Å². The van der Waals surface area contributed by atoms with E-state index in [0.29, 0.717) is 28.8 Å². The van der Waals surface area contributed by atoms with Gasteiger partial charge in [-0.25, -0.2) is 0 Å². The van der Waals surface area contributed by atoms with Crippen molar-refractivity contribution in [2.24, 2.45) is 52.3 Å². The molecule has 0 bridgehead atoms. The van der Waals surface area contributed by atoms with Gasteiger partial charge >= 0.3 is 0 Å². The lowest BCUT2D eigenvalue weighted by molar-refractivity contribution is -0.0369. The Morgan fingerprint density at radius 1 is 0.909 bits per heavy atom. The number of fused-ring (bicyclic) bond motifs is 5. The molecule has 0 aromatic heterocycles. The fourth-order valence-electron chi connectivity index (χ4n) is 8.69. The molecule has 0 spiro atoms. The minimum atomic E-state index is -1.45. The van der Waals surface area contributed by atoms with Crippen LogP contribution in [0.25, 0.3) is 0 Å². The third-order valence-electron chi connectivity index (χ3n) is 11.0. The van der Waals surface area contributed by atoms with E-state index in [9.17, 15) is 0 Å². The Labute approximate surface area is 207 Å². The molecule has 33 heavy (non-hydrogen) atoms. The van der Waals surface area contributed by atoms with Gasteiger partial charge in [-0.1, -0.05) is 65.3 Å². The zero-order chi connectivity index (χ0) is 24.2. The van der Waals surface area contributed by atoms with E-state index in [1.54, 1.807) is 0 Å². The number of allylic oxidation sites excluding steroid dienone is 4. The molecule has 4 aliphatic rings. The Balaban J connectivity index is 1.50. The van der Waals surface area contributed by atoms with Crippen molar-refractivity contribution < 1.29 is 4.43 Å². The lowest BCUT2D eigenvalue weighted by Crippen LogP contribution is -2.50. The fraction of sp³-hybridized carbons (Fsp3) is 0.871. The highest BCUT2D eigenvalue weighted by atomic mass is 28.4. The minimum absolute atomic E-state index is 0.508. The van der Waals surface area contributed by atoms with Gasteiger partial charge in [-0.15, -0.1) is 0 Å². The number of rotatable bonds is 6. The van der Waals surface area contributed by atoms with Gasteiger partial charge in [-0.3, -0.25) is 0 Å². The topological polar surface area (TPSA) is 9.23 Å². The molecule has 0 saturated heterocycles. The molecule has 4 aliphatic carbocycles. The Morgan fingerprint density at radius 3 is 2.24 bits per heavy atom. The highest BCUT2D eigenvalue weighted by Gasteiger charge is 2.58. The fourth-order valence-corrected chi connectivity index (χ4v) is 9.91. The predicted molar refractivity (Wildman–Crippen MR) is 146 cm³/mol. The zero-order valence-corrected chi connectivity index (χ0v) is 24.4. The lowest BCUT2D eigenvalue weighted by Gasteiger charge is -2.58. The van der Waals surface area contributed by atoms with Crippen LogP contribution in [0.5, 0.6) is 0 Å². The van der Waals surface area contributed by atoms with Crippen molar-refractivity contribution in [1.82, 2.24) is 0 Å². The standard InChI is InChI=1S/C31H54OSi/c1-21(2)22(3)10-11-23(4)27-14-15-28-26-13-12-24-20-25(32-33(7,8)9)16-18-30(24,5)29(26)17-19-31(27,28)6/h10-11,13,21-25,27-29H,12,14-20H2,1-9H3/b11-10+/t22?,23?,24?,25-,27?,28?,29?,30?,31?/m0/s1. The molecule has 2 heteroatoms. The molecule has 8 unspecified atom stereocenters. The van der Waals surface area contributed by atoms with Crippen LogP contribution in [0.4, 0.5) is 0 Å². The highest BCUT2D eigenvalue weighted by molar-refractivity contribution is 6.69. The van der Waals surface area contributed by atoms with Crippen molar-refractivity contribution in [1.29, 1.82) is 0 Å². The smallest absolute Gasteiger partial charge is 0.184 e. The van der Waals surface area contributed by atoms with Crippen molar-refractivity contribution in [2.45, 2.75) is 119 Å². The summed E-state index contributed by atoms with van der Waals surface area (Å²) in [5.41, 5.74) is 2.93. The Kier molecular flexibility index (Phi) is 7.23. The second kappa shape index (κ2) is 9.27. The maximum atomic E-state index is 6.60. The molecule has 3 fully saturated rings. The van der Waals surface area contributed by atoms with Crippen LogP contribution in [0.1, 0.15) is 92.9 Å². The molecule has 0 N–H and O–H groups in total. The Bertz CT molecular complexity index is 759. The van der Waals surface area contributed by atoms with Crippen LogP contribution in [-0.2, 0) is 4.43 Å². The second-order valence-corrected chi connectivity index (χ2v) is 18.9. The molecule has 188 valence electrons. The normalized spacial score (nSPS) is 43.1. The van der Waals surface area contributed by atoms with Gasteiger partial charge in [0.25, 0.3) is 0 Å². The van der Waals surface area contributed by atoms with Crippen molar-refractivity contribution in [2.75, 3.05) is 0 Å². The number of hydrogen-bond acceptors (Lipinski definition) is 1. The molecule has 0 heterocycles. The highest BCUT2D eigenvalue weighted by Crippen LogP contribution is 2.67. The predicted octanol–water partition coefficient (Wildman–Crippen LogP) is 9.27. The molecule has 0 radical (unpaired) electrons. The summed E-state index contributed by atoms with van der Waals surface area (Å²) in [4.78, 5) is 0. The lowest BCUT2D eigenvalue weighted by atomic mass is 9.47. The van der Waals surface area contributed by atoms with Gasteiger partial charge in [0.2, 0.25) is 0 Å². The van der Waals surface area contributed by atoms with E-state index in [1.165, 1.54) is 51.4 Å². The van der Waals surface area contributed by atoms with Crippen molar-refractivity contribution in [3.05, 3.63) is 23.8 Å². The molecule has 9 atom stereocenters. The first-order chi connectivity index (χ1) is 15.3. The first-order valence-corrected chi connectivity index (χ1v) is 17.8. The third-order valence-corrected chi connectivity index (χ3v) is 12.1. The minimum Gasteiger partial charge on any atom is -0.415 e. The molecule has 0 aromatic carbocycles. The van der Waals surface area contributed by atoms with E-state index in [4.69, 9.17) is 4.43 Å². The van der Waals surface area contributed by atoms with Crippen LogP contribution in [0.3, 0.4) is 0 Å². The van der Waals surface area contributed by atoms with E-state index in [1.807, 2.05) is 5.57 Å². The maximum absolute atomic E-state index is 6.60. The van der Waals surface area contributed by atoms with Crippen LogP contribution < -0.4 is 0 Å². The summed E-state index contributed by atoms with van der Waals surface area (Å²) in [5.74, 6) is 5.50. The quantitative estimate of drug-likeness (QED) is 0.277. The van der Waals surface area contributed by atoms with E-state index in [-0.39, 0.29) is 0 Å². The van der Waals surface area contributed by atoms with Crippen LogP contribution in [0.2, 0.25) is 19.6 Å². The van der Waals surface area contributed by atoms with E-state index < -0.39 is 8.32 Å². The summed E-state index contributed by atoms with van der Waals surface area (Å²) < 4.78 is 6.60. The van der Waals surface area contributed by atoms with E-state index in [2.05, 4.69) is 79.4 Å². The SMILES string of the molecule is CC(C)C(C)/C=C/C(C)C1CCC2C3=CCC4C[C@@H](O[Si](C)(C)C)CCC4(C)C3CCC21C. The first kappa shape index (κ1) is 25.7. The zero-order valence-electron chi connectivity index (χ0n) is 23.4. The molecular weight excluding hydrogens is 416 g/mol. The summed E-state index contributed by atoms with van der Waals surface area (Å²) in [7, 11) is -1.45. The average molecular weight is 471 g/mol. The summed E-state index contributed by atoms with van der Waals surface area (Å²) in [5, 5.41) is 0. The van der Waals surface area contributed by atoms with Crippen LogP contribution >= 0.6 is 0 Å². The van der Waals surface area contributed by atoms with Gasteiger partial charge in [0.15, 0.2) is 8.32 Å². The van der Waals surface area contributed by atoms with Crippen LogP contribution in [0.15, 0.2) is 23.8 Å². The van der Waals surface area contributed by atoms with Gasteiger partial charge in [-0.05, 0) is 123 Å². The monoisotopic (exact) mass is 470 g/mol. The van der Waals surface area contributed by atoms with Crippen molar-refractivity contribution >= 4 is 8.32 Å². The van der Waals surface area contributed by atoms with Gasteiger partial charge in [-0.2, -0.15) is 0 Å². The summed E-state index contributed by atoms with van der Waals surface area (Å²) in [6, 6.07) is 0. The summed E-state index contributed by atoms with van der Waals surface area (Å²) in [6.07, 6.45) is 19.4. The molecule has 3 saturated carbocycles. The van der Waals surface area contributed by atoms with Gasteiger partial charge < -0.3 is 4.43 Å². The van der Waals surface area contributed by atoms with Crippen LogP contribution in [-0.4, -0.2) is 14.4 Å². The molecule has 4 rings (SSSR count). The van der Waals surface area contributed by atoms with E-state index >= 15 is 0 Å². The molecular formula is C31H54OSi. The number of hydrogen-bond donors (Lipinski definition) is 0. The third kappa shape index (κ3) is 4.86. The Morgan fingerprint density at radius 2 is 1.58 bits per heavy atom. The first-order valence-electron chi connectivity index (χ1n) is 14.4. The van der Waals surface area contributed by atoms with Gasteiger partial charge in [0, 0.05) is 6.10 Å². The van der Waals surface area contributed by atoms with Gasteiger partial charge in [0.05, 0.1) is 0 Å². The second-order valence-electron chi connectivity index (χ2n) is 14.4. The van der Waals surface area contributed by atoms with Gasteiger partial charge in [0.1, 0.15) is 0 Å².